The molecule has 0 bridgehead atoms. The second-order valence-corrected chi connectivity index (χ2v) is 5.36. The second kappa shape index (κ2) is 7.29. The number of aryl methyl sites for hydroxylation is 1. The highest BCUT2D eigenvalue weighted by Gasteiger charge is 2.24. The van der Waals surface area contributed by atoms with Gasteiger partial charge in [0.2, 0.25) is 0 Å². The number of carbonyl (C=O) groups is 1. The van der Waals surface area contributed by atoms with Crippen molar-refractivity contribution in [3.05, 3.63) is 29.8 Å². The molecule has 1 aromatic rings. The molecular formula is C16H23NO3. The first-order valence-corrected chi connectivity index (χ1v) is 7.20. The Morgan fingerprint density at radius 1 is 1.25 bits per heavy atom. The van der Waals surface area contributed by atoms with E-state index in [1.54, 1.807) is 7.11 Å². The summed E-state index contributed by atoms with van der Waals surface area (Å²) in [7, 11) is 1.72. The van der Waals surface area contributed by atoms with Crippen molar-refractivity contribution < 1.29 is 14.3 Å². The van der Waals surface area contributed by atoms with Crippen LogP contribution in [-0.4, -0.2) is 31.8 Å². The van der Waals surface area contributed by atoms with E-state index in [0.717, 1.165) is 31.4 Å². The van der Waals surface area contributed by atoms with Crippen LogP contribution in [0.25, 0.3) is 0 Å². The fraction of sp³-hybridized carbons (Fsp3) is 0.562. The Morgan fingerprint density at radius 3 is 2.65 bits per heavy atom. The fourth-order valence-corrected chi connectivity index (χ4v) is 2.50. The maximum absolute atomic E-state index is 11.8. The predicted molar refractivity (Wildman–Crippen MR) is 78.8 cm³/mol. The molecule has 0 aliphatic heterocycles. The monoisotopic (exact) mass is 277 g/mol. The summed E-state index contributed by atoms with van der Waals surface area (Å²) in [6, 6.07) is 7.95. The Balaban J connectivity index is 1.73. The molecule has 0 saturated heterocycles. The SMILES string of the molecule is COC1CCCC(OC(=O)CNc2ccc(C)cc2)C1. The molecule has 2 unspecified atom stereocenters. The van der Waals surface area contributed by atoms with Crippen LogP contribution in [0.5, 0.6) is 0 Å². The van der Waals surface area contributed by atoms with Crippen LogP contribution in [0.15, 0.2) is 24.3 Å². The molecule has 0 aromatic heterocycles. The Morgan fingerprint density at radius 2 is 1.95 bits per heavy atom. The van der Waals surface area contributed by atoms with Crippen molar-refractivity contribution in [1.82, 2.24) is 0 Å². The molecule has 1 aliphatic carbocycles. The number of hydrogen-bond acceptors (Lipinski definition) is 4. The third kappa shape index (κ3) is 4.53. The van der Waals surface area contributed by atoms with Crippen LogP contribution < -0.4 is 5.32 Å². The second-order valence-electron chi connectivity index (χ2n) is 5.36. The molecule has 20 heavy (non-hydrogen) atoms. The molecule has 4 nitrogen and oxygen atoms in total. The normalized spacial score (nSPS) is 22.3. The molecule has 110 valence electrons. The summed E-state index contributed by atoms with van der Waals surface area (Å²) in [6.07, 6.45) is 4.10. The molecule has 4 heteroatoms. The Labute approximate surface area is 120 Å². The van der Waals surface area contributed by atoms with E-state index in [0.29, 0.717) is 0 Å². The molecule has 2 rings (SSSR count). The summed E-state index contributed by atoms with van der Waals surface area (Å²) in [6.45, 7) is 2.24. The van der Waals surface area contributed by atoms with Crippen molar-refractivity contribution in [2.24, 2.45) is 0 Å². The lowest BCUT2D eigenvalue weighted by molar-refractivity contribution is -0.150. The standard InChI is InChI=1S/C16H23NO3/c1-12-6-8-13(9-7-12)17-11-16(18)20-15-5-3-4-14(10-15)19-2/h6-9,14-15,17H,3-5,10-11H2,1-2H3. The van der Waals surface area contributed by atoms with Gasteiger partial charge in [-0.3, -0.25) is 4.79 Å². The van der Waals surface area contributed by atoms with Crippen molar-refractivity contribution in [2.75, 3.05) is 19.0 Å². The molecule has 1 fully saturated rings. The average Bonchev–Trinajstić information content (AvgIpc) is 2.47. The Bertz CT molecular complexity index is 430. The van der Waals surface area contributed by atoms with Gasteiger partial charge in [0.1, 0.15) is 12.6 Å². The number of anilines is 1. The van der Waals surface area contributed by atoms with E-state index in [9.17, 15) is 4.79 Å². The lowest BCUT2D eigenvalue weighted by atomic mass is 9.95. The molecule has 0 spiro atoms. The van der Waals surface area contributed by atoms with Crippen molar-refractivity contribution in [1.29, 1.82) is 0 Å². The third-order valence-corrected chi connectivity index (χ3v) is 3.70. The van der Waals surface area contributed by atoms with Crippen molar-refractivity contribution in [3.63, 3.8) is 0 Å². The smallest absolute Gasteiger partial charge is 0.325 e. The molecule has 0 heterocycles. The molecule has 1 N–H and O–H groups in total. The van der Waals surface area contributed by atoms with Gasteiger partial charge < -0.3 is 14.8 Å². The summed E-state index contributed by atoms with van der Waals surface area (Å²) in [4.78, 5) is 11.8. The minimum atomic E-state index is -0.202. The number of hydrogen-bond donors (Lipinski definition) is 1. The fourth-order valence-electron chi connectivity index (χ4n) is 2.50. The van der Waals surface area contributed by atoms with E-state index in [2.05, 4.69) is 5.32 Å². The molecule has 1 aromatic carbocycles. The molecule has 1 saturated carbocycles. The highest BCUT2D eigenvalue weighted by molar-refractivity contribution is 5.75. The number of methoxy groups -OCH3 is 1. The third-order valence-electron chi connectivity index (χ3n) is 3.70. The maximum Gasteiger partial charge on any atom is 0.325 e. The van der Waals surface area contributed by atoms with Crippen molar-refractivity contribution >= 4 is 11.7 Å². The van der Waals surface area contributed by atoms with Gasteiger partial charge in [-0.1, -0.05) is 17.7 Å². The zero-order valence-electron chi connectivity index (χ0n) is 12.2. The highest BCUT2D eigenvalue weighted by Crippen LogP contribution is 2.23. The van der Waals surface area contributed by atoms with Crippen LogP contribution in [0, 0.1) is 6.92 Å². The summed E-state index contributed by atoms with van der Waals surface area (Å²) in [5, 5.41) is 3.08. The van der Waals surface area contributed by atoms with Gasteiger partial charge in [0.25, 0.3) is 0 Å². The van der Waals surface area contributed by atoms with Gasteiger partial charge in [-0.05, 0) is 38.3 Å². The number of benzene rings is 1. The summed E-state index contributed by atoms with van der Waals surface area (Å²) in [5.74, 6) is -0.202. The van der Waals surface area contributed by atoms with Gasteiger partial charge in [0.15, 0.2) is 0 Å². The highest BCUT2D eigenvalue weighted by atomic mass is 16.5. The first-order chi connectivity index (χ1) is 9.67. The minimum absolute atomic E-state index is 0.000942. The summed E-state index contributed by atoms with van der Waals surface area (Å²) in [5.41, 5.74) is 2.14. The average molecular weight is 277 g/mol. The van der Waals surface area contributed by atoms with Crippen LogP contribution >= 0.6 is 0 Å². The van der Waals surface area contributed by atoms with E-state index in [4.69, 9.17) is 9.47 Å². The Kier molecular flexibility index (Phi) is 5.41. The molecule has 0 amide bonds. The number of carbonyl (C=O) groups excluding carboxylic acids is 1. The quantitative estimate of drug-likeness (QED) is 0.841. The van der Waals surface area contributed by atoms with Crippen molar-refractivity contribution in [2.45, 2.75) is 44.8 Å². The number of ether oxygens (including phenoxy) is 2. The molecule has 2 atom stereocenters. The van der Waals surface area contributed by atoms with Gasteiger partial charge in [0.05, 0.1) is 6.10 Å². The lowest BCUT2D eigenvalue weighted by Gasteiger charge is -2.27. The molecular weight excluding hydrogens is 254 g/mol. The van der Waals surface area contributed by atoms with Crippen molar-refractivity contribution in [3.8, 4) is 0 Å². The number of nitrogens with one attached hydrogen (secondary N) is 1. The lowest BCUT2D eigenvalue weighted by Crippen LogP contribution is -2.31. The Hall–Kier alpha value is -1.55. The minimum Gasteiger partial charge on any atom is -0.461 e. The first-order valence-electron chi connectivity index (χ1n) is 7.20. The van der Waals surface area contributed by atoms with Crippen LogP contribution in [0.1, 0.15) is 31.2 Å². The molecule has 1 aliphatic rings. The maximum atomic E-state index is 11.8. The zero-order valence-corrected chi connectivity index (χ0v) is 12.2. The summed E-state index contributed by atoms with van der Waals surface area (Å²) < 4.78 is 10.8. The zero-order chi connectivity index (χ0) is 14.4. The predicted octanol–water partition coefficient (Wildman–Crippen LogP) is 2.91. The van der Waals surface area contributed by atoms with Gasteiger partial charge in [0, 0.05) is 19.2 Å². The van der Waals surface area contributed by atoms with Crippen LogP contribution in [0.4, 0.5) is 5.69 Å². The summed E-state index contributed by atoms with van der Waals surface area (Å²) >= 11 is 0. The van der Waals surface area contributed by atoms with E-state index >= 15 is 0 Å². The molecule has 0 radical (unpaired) electrons. The van der Waals surface area contributed by atoms with Crippen LogP contribution in [0.2, 0.25) is 0 Å². The number of rotatable bonds is 5. The first kappa shape index (κ1) is 14.9. The number of esters is 1. The van der Waals surface area contributed by atoms with E-state index in [1.165, 1.54) is 5.56 Å². The van der Waals surface area contributed by atoms with E-state index in [-0.39, 0.29) is 24.7 Å². The largest absolute Gasteiger partial charge is 0.461 e. The van der Waals surface area contributed by atoms with Gasteiger partial charge in [-0.25, -0.2) is 0 Å². The van der Waals surface area contributed by atoms with Crippen LogP contribution in [0.3, 0.4) is 0 Å². The van der Waals surface area contributed by atoms with Gasteiger partial charge >= 0.3 is 5.97 Å². The van der Waals surface area contributed by atoms with E-state index < -0.39 is 0 Å². The topological polar surface area (TPSA) is 47.6 Å². The van der Waals surface area contributed by atoms with E-state index in [1.807, 2.05) is 31.2 Å². The van der Waals surface area contributed by atoms with Crippen LogP contribution in [-0.2, 0) is 14.3 Å². The van der Waals surface area contributed by atoms with Gasteiger partial charge in [-0.2, -0.15) is 0 Å². The van der Waals surface area contributed by atoms with Gasteiger partial charge in [-0.15, -0.1) is 0 Å².